The maximum atomic E-state index is 9.26. The highest BCUT2D eigenvalue weighted by atomic mass is 32.1. The van der Waals surface area contributed by atoms with E-state index in [4.69, 9.17) is 5.73 Å². The van der Waals surface area contributed by atoms with Gasteiger partial charge in [0.2, 0.25) is 0 Å². The van der Waals surface area contributed by atoms with Gasteiger partial charge in [0, 0.05) is 12.2 Å². The van der Waals surface area contributed by atoms with E-state index in [1.165, 1.54) is 4.70 Å². The van der Waals surface area contributed by atoms with Crippen LogP contribution in [0, 0.1) is 0 Å². The molecule has 1 aromatic carbocycles. The van der Waals surface area contributed by atoms with Gasteiger partial charge >= 0.3 is 0 Å². The van der Waals surface area contributed by atoms with E-state index in [1.54, 1.807) is 23.5 Å². The summed E-state index contributed by atoms with van der Waals surface area (Å²) in [5, 5.41) is 11.3. The van der Waals surface area contributed by atoms with Gasteiger partial charge in [0.15, 0.2) is 0 Å². The van der Waals surface area contributed by atoms with Crippen LogP contribution >= 0.6 is 11.3 Å². The maximum Gasteiger partial charge on any atom is 0.115 e. The molecule has 0 spiro atoms. The first-order chi connectivity index (χ1) is 9.22. The topological polar surface area (TPSA) is 59.1 Å². The van der Waals surface area contributed by atoms with Gasteiger partial charge in [-0.25, -0.2) is 0 Å². The standard InChI is InChI=1S/C15H14N2OS/c16-13(7-10-1-3-12(18)4-2-10)11-8-15-14(17-9-11)5-6-19-15/h1-6,8-9,13,18H,7,16H2. The number of phenolic OH excluding ortho intramolecular Hbond substituents is 1. The Kier molecular flexibility index (Phi) is 3.19. The number of fused-ring (bicyclic) bond motifs is 1. The monoisotopic (exact) mass is 270 g/mol. The van der Waals surface area contributed by atoms with Crippen LogP contribution in [-0.4, -0.2) is 10.1 Å². The van der Waals surface area contributed by atoms with Crippen LogP contribution in [0.15, 0.2) is 48.0 Å². The summed E-state index contributed by atoms with van der Waals surface area (Å²) in [7, 11) is 0. The Morgan fingerprint density at radius 2 is 2.00 bits per heavy atom. The Labute approximate surface area is 115 Å². The first kappa shape index (κ1) is 12.1. The molecular formula is C15H14N2OS. The lowest BCUT2D eigenvalue weighted by Gasteiger charge is -2.12. The lowest BCUT2D eigenvalue weighted by Crippen LogP contribution is -2.13. The van der Waals surface area contributed by atoms with Gasteiger partial charge in [0.1, 0.15) is 5.75 Å². The molecule has 1 unspecified atom stereocenters. The summed E-state index contributed by atoms with van der Waals surface area (Å²) >= 11 is 1.68. The molecule has 0 amide bonds. The summed E-state index contributed by atoms with van der Waals surface area (Å²) in [5.74, 6) is 0.277. The molecule has 4 heteroatoms. The second kappa shape index (κ2) is 4.99. The number of benzene rings is 1. The molecular weight excluding hydrogens is 256 g/mol. The minimum absolute atomic E-state index is 0.0801. The van der Waals surface area contributed by atoms with E-state index in [-0.39, 0.29) is 11.8 Å². The maximum absolute atomic E-state index is 9.26. The lowest BCUT2D eigenvalue weighted by molar-refractivity contribution is 0.475. The number of thiophene rings is 1. The fraction of sp³-hybridized carbons (Fsp3) is 0.133. The van der Waals surface area contributed by atoms with E-state index >= 15 is 0 Å². The van der Waals surface area contributed by atoms with Crippen molar-refractivity contribution in [1.29, 1.82) is 0 Å². The van der Waals surface area contributed by atoms with Crippen LogP contribution in [0.2, 0.25) is 0 Å². The number of pyridine rings is 1. The molecule has 0 saturated carbocycles. The van der Waals surface area contributed by atoms with Crippen molar-refractivity contribution in [3.05, 3.63) is 59.1 Å². The van der Waals surface area contributed by atoms with Crippen molar-refractivity contribution in [3.8, 4) is 5.75 Å². The van der Waals surface area contributed by atoms with Crippen LogP contribution in [-0.2, 0) is 6.42 Å². The Bertz CT molecular complexity index is 691. The zero-order valence-corrected chi connectivity index (χ0v) is 11.1. The number of hydrogen-bond acceptors (Lipinski definition) is 4. The Balaban J connectivity index is 1.82. The molecule has 0 aliphatic carbocycles. The predicted molar refractivity (Wildman–Crippen MR) is 78.4 cm³/mol. The Morgan fingerprint density at radius 1 is 1.21 bits per heavy atom. The van der Waals surface area contributed by atoms with Gasteiger partial charge < -0.3 is 10.8 Å². The third-order valence-corrected chi connectivity index (χ3v) is 4.00. The quantitative estimate of drug-likeness (QED) is 0.768. The average Bonchev–Trinajstić information content (AvgIpc) is 2.88. The minimum Gasteiger partial charge on any atom is -0.508 e. The molecule has 0 saturated heterocycles. The molecule has 3 aromatic rings. The number of phenols is 1. The van der Waals surface area contributed by atoms with Gasteiger partial charge in [-0.1, -0.05) is 12.1 Å². The molecule has 0 aliphatic heterocycles. The smallest absolute Gasteiger partial charge is 0.115 e. The first-order valence-corrected chi connectivity index (χ1v) is 6.97. The van der Waals surface area contributed by atoms with E-state index in [0.29, 0.717) is 0 Å². The van der Waals surface area contributed by atoms with E-state index in [1.807, 2.05) is 29.8 Å². The summed E-state index contributed by atoms with van der Waals surface area (Å²) in [6, 6.07) is 11.2. The first-order valence-electron chi connectivity index (χ1n) is 6.09. The molecule has 0 fully saturated rings. The molecule has 0 aliphatic rings. The van der Waals surface area contributed by atoms with Crippen LogP contribution in [0.4, 0.5) is 0 Å². The van der Waals surface area contributed by atoms with E-state index in [9.17, 15) is 5.11 Å². The second-order valence-corrected chi connectivity index (χ2v) is 5.50. The highest BCUT2D eigenvalue weighted by Gasteiger charge is 2.09. The lowest BCUT2D eigenvalue weighted by atomic mass is 10.0. The Morgan fingerprint density at radius 3 is 2.79 bits per heavy atom. The molecule has 1 atom stereocenters. The van der Waals surface area contributed by atoms with Crippen LogP contribution in [0.1, 0.15) is 17.2 Å². The molecule has 3 N–H and O–H groups in total. The number of aromatic nitrogens is 1. The van der Waals surface area contributed by atoms with Crippen molar-refractivity contribution in [2.24, 2.45) is 5.73 Å². The Hall–Kier alpha value is -1.91. The third kappa shape index (κ3) is 2.59. The molecule has 3 rings (SSSR count). The van der Waals surface area contributed by atoms with Gasteiger partial charge in [0.05, 0.1) is 10.2 Å². The van der Waals surface area contributed by atoms with Crippen LogP contribution in [0.3, 0.4) is 0 Å². The van der Waals surface area contributed by atoms with Gasteiger partial charge in [-0.15, -0.1) is 11.3 Å². The summed E-state index contributed by atoms with van der Waals surface area (Å²) in [5.41, 5.74) is 9.40. The zero-order valence-electron chi connectivity index (χ0n) is 10.3. The van der Waals surface area contributed by atoms with E-state index in [0.717, 1.165) is 23.1 Å². The van der Waals surface area contributed by atoms with Gasteiger partial charge in [-0.05, 0) is 47.2 Å². The third-order valence-electron chi connectivity index (χ3n) is 3.14. The van der Waals surface area contributed by atoms with Gasteiger partial charge in [0.25, 0.3) is 0 Å². The minimum atomic E-state index is -0.0801. The average molecular weight is 270 g/mol. The second-order valence-electron chi connectivity index (χ2n) is 4.55. The summed E-state index contributed by atoms with van der Waals surface area (Å²) in [6.07, 6.45) is 2.58. The van der Waals surface area contributed by atoms with Crippen molar-refractivity contribution < 1.29 is 5.11 Å². The number of aromatic hydroxyl groups is 1. The van der Waals surface area contributed by atoms with Crippen molar-refractivity contribution in [3.63, 3.8) is 0 Å². The number of rotatable bonds is 3. The summed E-state index contributed by atoms with van der Waals surface area (Å²) in [6.45, 7) is 0. The van der Waals surface area contributed by atoms with Gasteiger partial charge in [-0.3, -0.25) is 4.98 Å². The number of nitrogens with two attached hydrogens (primary N) is 1. The molecule has 96 valence electrons. The fourth-order valence-electron chi connectivity index (χ4n) is 2.07. The summed E-state index contributed by atoms with van der Waals surface area (Å²) < 4.78 is 1.17. The zero-order chi connectivity index (χ0) is 13.2. The van der Waals surface area contributed by atoms with Crippen LogP contribution in [0.25, 0.3) is 10.2 Å². The molecule has 19 heavy (non-hydrogen) atoms. The van der Waals surface area contributed by atoms with Crippen LogP contribution < -0.4 is 5.73 Å². The fourth-order valence-corrected chi connectivity index (χ4v) is 2.86. The largest absolute Gasteiger partial charge is 0.508 e. The predicted octanol–water partition coefficient (Wildman–Crippen LogP) is 3.24. The molecule has 2 aromatic heterocycles. The summed E-state index contributed by atoms with van der Waals surface area (Å²) in [4.78, 5) is 4.41. The van der Waals surface area contributed by atoms with Crippen molar-refractivity contribution >= 4 is 21.6 Å². The van der Waals surface area contributed by atoms with E-state index in [2.05, 4.69) is 11.1 Å². The molecule has 0 bridgehead atoms. The normalized spacial score (nSPS) is 12.7. The molecule has 3 nitrogen and oxygen atoms in total. The molecule has 2 heterocycles. The van der Waals surface area contributed by atoms with Crippen molar-refractivity contribution in [2.45, 2.75) is 12.5 Å². The highest BCUT2D eigenvalue weighted by molar-refractivity contribution is 7.17. The van der Waals surface area contributed by atoms with Crippen molar-refractivity contribution in [2.75, 3.05) is 0 Å². The van der Waals surface area contributed by atoms with Crippen molar-refractivity contribution in [1.82, 2.24) is 4.98 Å². The highest BCUT2D eigenvalue weighted by Crippen LogP contribution is 2.24. The SMILES string of the molecule is NC(Cc1ccc(O)cc1)c1cnc2ccsc2c1. The number of nitrogens with zero attached hydrogens (tertiary/aromatic N) is 1. The molecule has 0 radical (unpaired) electrons. The number of hydrogen-bond donors (Lipinski definition) is 2. The van der Waals surface area contributed by atoms with E-state index < -0.39 is 0 Å². The van der Waals surface area contributed by atoms with Gasteiger partial charge in [-0.2, -0.15) is 0 Å². The van der Waals surface area contributed by atoms with Crippen LogP contribution in [0.5, 0.6) is 5.75 Å².